The van der Waals surface area contributed by atoms with Gasteiger partial charge in [-0.05, 0) is 30.2 Å². The highest BCUT2D eigenvalue weighted by Gasteiger charge is 2.12. The maximum atomic E-state index is 10.7. The molecule has 0 aliphatic heterocycles. The molecule has 0 radical (unpaired) electrons. The maximum Gasteiger partial charge on any atom is 0.404 e. The number of aryl methyl sites for hydroxylation is 1. The van der Waals surface area contributed by atoms with Crippen LogP contribution in [-0.4, -0.2) is 46.1 Å². The van der Waals surface area contributed by atoms with E-state index in [0.29, 0.717) is 19.1 Å². The number of nitrogens with zero attached hydrogens (tertiary/aromatic N) is 3. The van der Waals surface area contributed by atoms with E-state index in [0.717, 1.165) is 27.9 Å². The van der Waals surface area contributed by atoms with Crippen molar-refractivity contribution in [1.29, 1.82) is 0 Å². The molecule has 0 aliphatic rings. The summed E-state index contributed by atoms with van der Waals surface area (Å²) in [6.07, 6.45) is 2.39. The fourth-order valence-electron chi connectivity index (χ4n) is 2.63. The molecule has 0 saturated heterocycles. The normalized spacial score (nSPS) is 10.8. The summed E-state index contributed by atoms with van der Waals surface area (Å²) in [5.41, 5.74) is 4.40. The van der Waals surface area contributed by atoms with E-state index in [1.54, 1.807) is 24.0 Å². The zero-order valence-electron chi connectivity index (χ0n) is 14.6. The van der Waals surface area contributed by atoms with E-state index in [2.05, 4.69) is 15.4 Å². The minimum absolute atomic E-state index is 0.261. The Balaban J connectivity index is 1.94. The van der Waals surface area contributed by atoms with Crippen LogP contribution in [0.25, 0.3) is 16.8 Å². The molecule has 2 N–H and O–H groups in total. The number of amides is 1. The summed E-state index contributed by atoms with van der Waals surface area (Å²) in [5.74, 6) is 0.461. The first-order chi connectivity index (χ1) is 12.6. The summed E-state index contributed by atoms with van der Waals surface area (Å²) < 4.78 is 12.4. The molecule has 8 nitrogen and oxygen atoms in total. The van der Waals surface area contributed by atoms with E-state index in [1.165, 1.54) is 0 Å². The molecule has 2 heterocycles. The van der Waals surface area contributed by atoms with Crippen LogP contribution in [-0.2, 0) is 11.3 Å². The Kier molecular flexibility index (Phi) is 5.33. The molecular formula is C18H20N4O4. The number of hydrogen-bond acceptors (Lipinski definition) is 5. The van der Waals surface area contributed by atoms with Gasteiger partial charge in [0.2, 0.25) is 5.88 Å². The zero-order chi connectivity index (χ0) is 18.5. The topological polar surface area (TPSA) is 98.0 Å². The van der Waals surface area contributed by atoms with Crippen molar-refractivity contribution in [2.75, 3.05) is 20.3 Å². The fraction of sp³-hybridized carbons (Fsp3) is 0.278. The molecule has 0 aliphatic carbocycles. The lowest BCUT2D eigenvalue weighted by molar-refractivity contribution is 0.143. The number of fused-ring (bicyclic) bond motifs is 1. The number of carbonyl (C=O) groups is 1. The van der Waals surface area contributed by atoms with Crippen LogP contribution in [0.5, 0.6) is 5.88 Å². The van der Waals surface area contributed by atoms with Gasteiger partial charge < -0.3 is 19.9 Å². The maximum absolute atomic E-state index is 10.7. The van der Waals surface area contributed by atoms with Gasteiger partial charge in [0.25, 0.3) is 0 Å². The standard InChI is InChI=1S/C18H20N4O4/c1-12-9-13(3-4-14(12)10-19-18(23)24)17-15-5-6-20-22(15)11-16(21-17)26-8-7-25-2/h3-6,9,11,19H,7-8,10H2,1-2H3,(H,23,24). The molecule has 8 heteroatoms. The quantitative estimate of drug-likeness (QED) is 0.631. The Bertz CT molecular complexity index is 923. The first-order valence-corrected chi connectivity index (χ1v) is 8.11. The van der Waals surface area contributed by atoms with Crippen LogP contribution in [0.2, 0.25) is 0 Å². The van der Waals surface area contributed by atoms with Crippen molar-refractivity contribution in [2.45, 2.75) is 13.5 Å². The first kappa shape index (κ1) is 17.7. The molecule has 0 bridgehead atoms. The highest BCUT2D eigenvalue weighted by atomic mass is 16.5. The predicted octanol–water partition coefficient (Wildman–Crippen LogP) is 2.50. The molecule has 0 spiro atoms. The monoisotopic (exact) mass is 356 g/mol. The van der Waals surface area contributed by atoms with Crippen molar-refractivity contribution in [3.8, 4) is 17.1 Å². The highest BCUT2D eigenvalue weighted by molar-refractivity contribution is 5.77. The van der Waals surface area contributed by atoms with Crippen LogP contribution in [0.3, 0.4) is 0 Å². The van der Waals surface area contributed by atoms with E-state index in [4.69, 9.17) is 14.6 Å². The van der Waals surface area contributed by atoms with Crippen LogP contribution >= 0.6 is 0 Å². The molecule has 0 saturated carbocycles. The van der Waals surface area contributed by atoms with Crippen LogP contribution in [0.15, 0.2) is 36.7 Å². The number of nitrogens with one attached hydrogen (secondary N) is 1. The summed E-state index contributed by atoms with van der Waals surface area (Å²) in [5, 5.41) is 15.4. The number of methoxy groups -OCH3 is 1. The van der Waals surface area contributed by atoms with Gasteiger partial charge in [-0.1, -0.05) is 12.1 Å². The van der Waals surface area contributed by atoms with Gasteiger partial charge in [-0.3, -0.25) is 0 Å². The van der Waals surface area contributed by atoms with Gasteiger partial charge in [0.05, 0.1) is 24.5 Å². The smallest absolute Gasteiger partial charge is 0.404 e. The first-order valence-electron chi connectivity index (χ1n) is 8.11. The largest absolute Gasteiger partial charge is 0.474 e. The van der Waals surface area contributed by atoms with Gasteiger partial charge in [-0.25, -0.2) is 14.3 Å². The number of ether oxygens (including phenoxy) is 2. The lowest BCUT2D eigenvalue weighted by Gasteiger charge is -2.11. The lowest BCUT2D eigenvalue weighted by Crippen LogP contribution is -2.20. The average molecular weight is 356 g/mol. The lowest BCUT2D eigenvalue weighted by atomic mass is 10.0. The van der Waals surface area contributed by atoms with Crippen molar-refractivity contribution in [3.05, 3.63) is 47.8 Å². The van der Waals surface area contributed by atoms with Crippen LogP contribution in [0.4, 0.5) is 4.79 Å². The SMILES string of the molecule is COCCOc1cn2nccc2c(-c2ccc(CNC(=O)O)c(C)c2)n1. The third-order valence-electron chi connectivity index (χ3n) is 3.95. The van der Waals surface area contributed by atoms with E-state index in [1.807, 2.05) is 31.2 Å². The summed E-state index contributed by atoms with van der Waals surface area (Å²) >= 11 is 0. The molecule has 26 heavy (non-hydrogen) atoms. The van der Waals surface area contributed by atoms with E-state index < -0.39 is 6.09 Å². The summed E-state index contributed by atoms with van der Waals surface area (Å²) in [4.78, 5) is 15.3. The molecule has 1 aromatic carbocycles. The second-order valence-electron chi connectivity index (χ2n) is 5.73. The third kappa shape index (κ3) is 3.92. The number of hydrogen-bond donors (Lipinski definition) is 2. The minimum Gasteiger partial charge on any atom is -0.474 e. The zero-order valence-corrected chi connectivity index (χ0v) is 14.6. The molecule has 2 aromatic heterocycles. The Morgan fingerprint density at radius 1 is 1.31 bits per heavy atom. The van der Waals surface area contributed by atoms with E-state index >= 15 is 0 Å². The molecule has 0 unspecified atom stereocenters. The van der Waals surface area contributed by atoms with E-state index in [9.17, 15) is 4.79 Å². The van der Waals surface area contributed by atoms with Crippen LogP contribution in [0.1, 0.15) is 11.1 Å². The van der Waals surface area contributed by atoms with Gasteiger partial charge >= 0.3 is 6.09 Å². The molecular weight excluding hydrogens is 336 g/mol. The molecule has 3 rings (SSSR count). The Labute approximate surface area is 150 Å². The Morgan fingerprint density at radius 2 is 2.15 bits per heavy atom. The van der Waals surface area contributed by atoms with Crippen molar-refractivity contribution < 1.29 is 19.4 Å². The summed E-state index contributed by atoms with van der Waals surface area (Å²) in [6.45, 7) is 3.07. The number of aromatic nitrogens is 3. The van der Waals surface area contributed by atoms with Crippen LogP contribution in [0, 0.1) is 6.92 Å². The molecule has 3 aromatic rings. The summed E-state index contributed by atoms with van der Waals surface area (Å²) in [6, 6.07) is 7.68. The van der Waals surface area contributed by atoms with Crippen molar-refractivity contribution in [2.24, 2.45) is 0 Å². The van der Waals surface area contributed by atoms with Gasteiger partial charge in [-0.15, -0.1) is 0 Å². The second kappa shape index (κ2) is 7.83. The third-order valence-corrected chi connectivity index (χ3v) is 3.95. The van der Waals surface area contributed by atoms with Gasteiger partial charge in [0.1, 0.15) is 12.3 Å². The van der Waals surface area contributed by atoms with Gasteiger partial charge in [-0.2, -0.15) is 5.10 Å². The number of benzene rings is 1. The van der Waals surface area contributed by atoms with Crippen molar-refractivity contribution >= 4 is 11.6 Å². The number of carboxylic acid groups (broad SMARTS) is 1. The van der Waals surface area contributed by atoms with E-state index in [-0.39, 0.29) is 6.54 Å². The van der Waals surface area contributed by atoms with Crippen molar-refractivity contribution in [3.63, 3.8) is 0 Å². The van der Waals surface area contributed by atoms with Gasteiger partial charge in [0.15, 0.2) is 0 Å². The van der Waals surface area contributed by atoms with Gasteiger partial charge in [0, 0.05) is 19.2 Å². The second-order valence-corrected chi connectivity index (χ2v) is 5.73. The van der Waals surface area contributed by atoms with Crippen molar-refractivity contribution in [1.82, 2.24) is 19.9 Å². The summed E-state index contributed by atoms with van der Waals surface area (Å²) in [7, 11) is 1.61. The number of rotatable bonds is 7. The molecule has 0 atom stereocenters. The predicted molar refractivity (Wildman–Crippen MR) is 95.4 cm³/mol. The average Bonchev–Trinajstić information content (AvgIpc) is 3.08. The highest BCUT2D eigenvalue weighted by Crippen LogP contribution is 2.27. The minimum atomic E-state index is -1.04. The molecule has 1 amide bonds. The molecule has 136 valence electrons. The Hall–Kier alpha value is -3.13. The molecule has 0 fully saturated rings. The fourth-order valence-corrected chi connectivity index (χ4v) is 2.63. The van der Waals surface area contributed by atoms with Crippen LogP contribution < -0.4 is 10.1 Å². The Morgan fingerprint density at radius 3 is 2.88 bits per heavy atom.